The summed E-state index contributed by atoms with van der Waals surface area (Å²) in [5, 5.41) is 16.3. The van der Waals surface area contributed by atoms with Crippen molar-refractivity contribution in [2.75, 3.05) is 5.73 Å². The number of nitriles is 1. The van der Waals surface area contributed by atoms with Crippen LogP contribution in [0.25, 0.3) is 0 Å². The molecule has 0 radical (unpaired) electrons. The topological polar surface area (TPSA) is 125 Å². The maximum absolute atomic E-state index is 8.27. The zero-order chi connectivity index (χ0) is 30.8. The third-order valence-corrected chi connectivity index (χ3v) is 6.25. The molecule has 0 aliphatic heterocycles. The second-order valence-corrected chi connectivity index (χ2v) is 36.1. The van der Waals surface area contributed by atoms with Gasteiger partial charge in [-0.1, -0.05) is 60.7 Å². The van der Waals surface area contributed by atoms with Gasteiger partial charge in [0.05, 0.1) is 30.6 Å². The van der Waals surface area contributed by atoms with Gasteiger partial charge in [0.15, 0.2) is 5.82 Å². The molecule has 0 amide bonds. The molecule has 2 aromatic carbocycles. The van der Waals surface area contributed by atoms with Crippen LogP contribution in [0, 0.1) is 16.7 Å². The van der Waals surface area contributed by atoms with Gasteiger partial charge in [0, 0.05) is 18.6 Å². The Morgan fingerprint density at radius 1 is 0.780 bits per heavy atom. The Morgan fingerprint density at radius 3 is 1.68 bits per heavy atom. The monoisotopic (exact) mass is 995 g/mol. The van der Waals surface area contributed by atoms with Gasteiger partial charge in [-0.2, -0.15) is 5.26 Å². The summed E-state index contributed by atoms with van der Waals surface area (Å²) in [6, 6.07) is 21.8. The van der Waals surface area contributed by atoms with E-state index in [1.54, 1.807) is 12.4 Å². The SMILES string of the molecule is N#CCc1ccccc1.N=C(Cc1ccccc1)Cc1ncc(Br)nc1Br.Nc1ncc(Br)nc1Br.[Cl][Sn]([Cl])([Cl])[Cl]. The predicted molar refractivity (Wildman–Crippen MR) is 186 cm³/mol. The van der Waals surface area contributed by atoms with E-state index in [1.807, 2.05) is 60.7 Å². The molecule has 16 heteroatoms. The van der Waals surface area contributed by atoms with Crippen LogP contribution < -0.4 is 5.73 Å². The summed E-state index contributed by atoms with van der Waals surface area (Å²) in [5.74, 6) is 0.401. The quantitative estimate of drug-likeness (QED) is 0.152. The van der Waals surface area contributed by atoms with Gasteiger partial charge >= 0.3 is 49.6 Å². The van der Waals surface area contributed by atoms with Crippen molar-refractivity contribution in [3.8, 4) is 6.07 Å². The average Bonchev–Trinajstić information content (AvgIpc) is 2.89. The van der Waals surface area contributed by atoms with Gasteiger partial charge in [-0.15, -0.1) is 0 Å². The number of aromatic nitrogens is 4. The van der Waals surface area contributed by atoms with Crippen LogP contribution in [-0.4, -0.2) is 39.5 Å². The first-order valence-electron chi connectivity index (χ1n) is 11.2. The normalized spacial score (nSPS) is 9.93. The van der Waals surface area contributed by atoms with Crippen LogP contribution in [0.4, 0.5) is 5.82 Å². The molecule has 2 heterocycles. The van der Waals surface area contributed by atoms with Crippen molar-refractivity contribution in [1.82, 2.24) is 19.9 Å². The van der Waals surface area contributed by atoms with Crippen molar-refractivity contribution in [2.24, 2.45) is 0 Å². The maximum atomic E-state index is 8.27. The number of nitrogens with one attached hydrogen (secondary N) is 1. The number of nitrogen functional groups attached to an aromatic ring is 1. The molecule has 0 aliphatic carbocycles. The molecule has 0 atom stereocenters. The number of halogens is 8. The zero-order valence-electron chi connectivity index (χ0n) is 20.9. The van der Waals surface area contributed by atoms with Gasteiger partial charge in [0.2, 0.25) is 0 Å². The number of nitrogens with two attached hydrogens (primary N) is 1. The van der Waals surface area contributed by atoms with Gasteiger partial charge in [-0.25, -0.2) is 15.0 Å². The summed E-state index contributed by atoms with van der Waals surface area (Å²) in [4.78, 5) is 16.2. The Kier molecular flexibility index (Phi) is 19.9. The van der Waals surface area contributed by atoms with E-state index in [0.717, 1.165) is 16.8 Å². The molecule has 7 nitrogen and oxygen atoms in total. The van der Waals surface area contributed by atoms with E-state index in [9.17, 15) is 0 Å². The standard InChI is InChI=1S/C13H11Br2N3.C8H7N.C4H3Br2N3.4ClH.Sn/c14-12-8-17-11(13(15)18-12)7-10(16)6-9-4-2-1-3-5-9;9-7-6-8-4-2-1-3-5-8;5-2-1-8-4(7)3(6)9-2;;;;;/h1-5,8,16H,6-7H2;1-5H,6H2;1H,(H2,7,8);4*1H;/q;;;;;;;+4/p-4. The molecule has 0 saturated carbocycles. The molecule has 0 fully saturated rings. The van der Waals surface area contributed by atoms with Crippen molar-refractivity contribution >= 4 is 125 Å². The van der Waals surface area contributed by atoms with Crippen LogP contribution >= 0.6 is 99.4 Å². The number of nitrogens with zero attached hydrogens (tertiary/aromatic N) is 5. The van der Waals surface area contributed by atoms with Gasteiger partial charge in [-0.05, 0) is 74.8 Å². The van der Waals surface area contributed by atoms with E-state index in [4.69, 9.17) is 52.1 Å². The summed E-state index contributed by atoms with van der Waals surface area (Å²) in [5.41, 5.74) is 8.99. The molecule has 0 unspecified atom stereocenters. The first kappa shape index (κ1) is 38.5. The second kappa shape index (κ2) is 21.2. The third-order valence-electron chi connectivity index (χ3n) is 4.26. The Morgan fingerprint density at radius 2 is 1.24 bits per heavy atom. The fourth-order valence-electron chi connectivity index (χ4n) is 2.64. The Labute approximate surface area is 291 Å². The van der Waals surface area contributed by atoms with Crippen LogP contribution in [0.2, 0.25) is 0 Å². The fourth-order valence-corrected chi connectivity index (χ4v) is 4.40. The molecule has 0 aliphatic rings. The summed E-state index contributed by atoms with van der Waals surface area (Å²) in [7, 11) is 20.1. The molecule has 2 aromatic heterocycles. The Hall–Kier alpha value is -0.561. The van der Waals surface area contributed by atoms with Crippen molar-refractivity contribution in [3.63, 3.8) is 0 Å². The molecule has 0 spiro atoms. The molecule has 3 N–H and O–H groups in total. The van der Waals surface area contributed by atoms with E-state index in [2.05, 4.69) is 89.7 Å². The molecular weight excluding hydrogens is 978 g/mol. The number of hydrogen-bond acceptors (Lipinski definition) is 7. The van der Waals surface area contributed by atoms with Crippen LogP contribution in [0.15, 0.2) is 91.5 Å². The predicted octanol–water partition coefficient (Wildman–Crippen LogP) is 9.52. The van der Waals surface area contributed by atoms with Crippen molar-refractivity contribution in [2.45, 2.75) is 19.3 Å². The average molecular weight is 1000 g/mol. The number of anilines is 1. The number of hydrogen-bond donors (Lipinski definition) is 2. The van der Waals surface area contributed by atoms with Crippen LogP contribution in [-0.2, 0) is 19.3 Å². The van der Waals surface area contributed by atoms with E-state index in [1.165, 1.54) is 0 Å². The molecule has 4 aromatic rings. The van der Waals surface area contributed by atoms with Gasteiger partial charge in [0.25, 0.3) is 0 Å². The van der Waals surface area contributed by atoms with E-state index in [-0.39, 0.29) is 0 Å². The number of benzene rings is 2. The van der Waals surface area contributed by atoms with Gasteiger partial charge in [0.1, 0.15) is 18.4 Å². The molecule has 4 rings (SSSR count). The third kappa shape index (κ3) is 20.1. The van der Waals surface area contributed by atoms with E-state index >= 15 is 0 Å². The summed E-state index contributed by atoms with van der Waals surface area (Å²) in [6.45, 7) is 0. The summed E-state index contributed by atoms with van der Waals surface area (Å²) < 4.78 is 2.61. The zero-order valence-corrected chi connectivity index (χ0v) is 33.1. The molecule has 0 saturated heterocycles. The summed E-state index contributed by atoms with van der Waals surface area (Å²) in [6.07, 6.45) is 4.86. The van der Waals surface area contributed by atoms with Crippen molar-refractivity contribution in [3.05, 3.63) is 108 Å². The summed E-state index contributed by atoms with van der Waals surface area (Å²) >= 11 is 9.58. The number of rotatable bonds is 5. The first-order valence-corrected chi connectivity index (χ1v) is 28.8. The first-order chi connectivity index (χ1) is 19.3. The second-order valence-electron chi connectivity index (χ2n) is 7.49. The van der Waals surface area contributed by atoms with Crippen molar-refractivity contribution in [1.29, 1.82) is 10.7 Å². The van der Waals surface area contributed by atoms with Crippen molar-refractivity contribution < 1.29 is 0 Å². The van der Waals surface area contributed by atoms with Crippen LogP contribution in [0.3, 0.4) is 0 Å². The van der Waals surface area contributed by atoms with Crippen LogP contribution in [0.1, 0.15) is 16.8 Å². The molecular formula is C25H21Br4Cl4N7Sn. The molecule has 41 heavy (non-hydrogen) atoms. The molecule has 0 bridgehead atoms. The fraction of sp³-hybridized carbons (Fsp3) is 0.120. The Bertz CT molecular complexity index is 1400. The minimum atomic E-state index is -3.29. The van der Waals surface area contributed by atoms with Gasteiger partial charge < -0.3 is 11.1 Å². The minimum absolute atomic E-state index is 0.401. The van der Waals surface area contributed by atoms with E-state index < -0.39 is 13.9 Å². The van der Waals surface area contributed by atoms with E-state index in [0.29, 0.717) is 49.2 Å². The Balaban J connectivity index is 0.000000307. The van der Waals surface area contributed by atoms with Crippen LogP contribution in [0.5, 0.6) is 0 Å². The van der Waals surface area contributed by atoms with Gasteiger partial charge in [-0.3, -0.25) is 4.98 Å². The molecule has 216 valence electrons.